The highest BCUT2D eigenvalue weighted by atomic mass is 32.1. The molecule has 3 aromatic rings. The molecule has 2 aromatic heterocycles. The summed E-state index contributed by atoms with van der Waals surface area (Å²) in [5.41, 5.74) is 10.7. The van der Waals surface area contributed by atoms with Gasteiger partial charge in [0.05, 0.1) is 10.6 Å². The number of carbonyl (C=O) groups is 2. The van der Waals surface area contributed by atoms with Crippen molar-refractivity contribution in [2.45, 2.75) is 20.4 Å². The van der Waals surface area contributed by atoms with Gasteiger partial charge in [0.25, 0.3) is 11.8 Å². The molecule has 3 rings (SSSR count). The number of nitrogens with zero attached hydrogens (tertiary/aromatic N) is 3. The van der Waals surface area contributed by atoms with E-state index in [-0.39, 0.29) is 5.91 Å². The second-order valence-corrected chi connectivity index (χ2v) is 7.49. The second kappa shape index (κ2) is 7.36. The van der Waals surface area contributed by atoms with Crippen molar-refractivity contribution in [3.05, 3.63) is 63.1 Å². The van der Waals surface area contributed by atoms with E-state index >= 15 is 0 Å². The van der Waals surface area contributed by atoms with Gasteiger partial charge in [0.2, 0.25) is 0 Å². The molecule has 0 fully saturated rings. The van der Waals surface area contributed by atoms with E-state index in [0.717, 1.165) is 28.1 Å². The van der Waals surface area contributed by atoms with Crippen molar-refractivity contribution in [3.63, 3.8) is 0 Å². The summed E-state index contributed by atoms with van der Waals surface area (Å²) in [6, 6.07) is 9.15. The third-order valence-electron chi connectivity index (χ3n) is 4.69. The summed E-state index contributed by atoms with van der Waals surface area (Å²) in [6.07, 6.45) is 0. The van der Waals surface area contributed by atoms with Gasteiger partial charge in [0.15, 0.2) is 0 Å². The highest BCUT2D eigenvalue weighted by molar-refractivity contribution is 7.12. The molecule has 0 aliphatic heterocycles. The third kappa shape index (κ3) is 3.78. The van der Waals surface area contributed by atoms with Crippen LogP contribution in [0.3, 0.4) is 0 Å². The van der Waals surface area contributed by atoms with Gasteiger partial charge in [-0.1, -0.05) is 12.1 Å². The Hall–Kier alpha value is -2.93. The van der Waals surface area contributed by atoms with Crippen LogP contribution in [-0.4, -0.2) is 33.5 Å². The minimum atomic E-state index is -0.444. The van der Waals surface area contributed by atoms with Crippen LogP contribution < -0.4 is 5.73 Å². The summed E-state index contributed by atoms with van der Waals surface area (Å²) >= 11 is 1.30. The standard InChI is InChI=1S/C20H22N4O2S/c1-12-17(13(2)24(4)22-12)10-23(3)20(26)15-7-5-6-14(8-15)16-9-18(19(21)25)27-11-16/h5-9,11H,10H2,1-4H3,(H2,21,25). The van der Waals surface area contributed by atoms with E-state index in [9.17, 15) is 9.59 Å². The van der Waals surface area contributed by atoms with Crippen molar-refractivity contribution in [1.29, 1.82) is 0 Å². The van der Waals surface area contributed by atoms with Crippen molar-refractivity contribution >= 4 is 23.2 Å². The van der Waals surface area contributed by atoms with Crippen LogP contribution in [0, 0.1) is 13.8 Å². The fourth-order valence-corrected chi connectivity index (χ4v) is 3.79. The molecule has 0 unspecified atom stereocenters. The Bertz CT molecular complexity index is 1020. The molecule has 2 heterocycles. The quantitative estimate of drug-likeness (QED) is 0.736. The monoisotopic (exact) mass is 382 g/mol. The number of carbonyl (C=O) groups excluding carboxylic acids is 2. The molecule has 2 amide bonds. The Morgan fingerprint density at radius 1 is 1.22 bits per heavy atom. The maximum atomic E-state index is 12.9. The van der Waals surface area contributed by atoms with Gasteiger partial charge < -0.3 is 10.6 Å². The van der Waals surface area contributed by atoms with Gasteiger partial charge in [-0.2, -0.15) is 5.10 Å². The van der Waals surface area contributed by atoms with E-state index in [1.165, 1.54) is 11.3 Å². The molecule has 0 aliphatic carbocycles. The van der Waals surface area contributed by atoms with E-state index in [2.05, 4.69) is 5.10 Å². The third-order valence-corrected chi connectivity index (χ3v) is 5.63. The number of aryl methyl sites for hydroxylation is 2. The predicted octanol–water partition coefficient (Wildman–Crippen LogP) is 3.14. The van der Waals surface area contributed by atoms with E-state index in [4.69, 9.17) is 5.73 Å². The van der Waals surface area contributed by atoms with Crippen LogP contribution in [0.25, 0.3) is 11.1 Å². The molecule has 0 radical (unpaired) electrons. The van der Waals surface area contributed by atoms with Gasteiger partial charge in [-0.3, -0.25) is 14.3 Å². The fourth-order valence-electron chi connectivity index (χ4n) is 3.02. The molecule has 7 heteroatoms. The number of amides is 2. The minimum Gasteiger partial charge on any atom is -0.365 e. The van der Waals surface area contributed by atoms with E-state index in [1.807, 2.05) is 49.2 Å². The molecule has 0 saturated carbocycles. The average Bonchev–Trinajstić information content (AvgIpc) is 3.22. The summed E-state index contributed by atoms with van der Waals surface area (Å²) in [4.78, 5) is 26.4. The van der Waals surface area contributed by atoms with Crippen molar-refractivity contribution < 1.29 is 9.59 Å². The van der Waals surface area contributed by atoms with Crippen molar-refractivity contribution in [3.8, 4) is 11.1 Å². The highest BCUT2D eigenvalue weighted by Crippen LogP contribution is 2.26. The van der Waals surface area contributed by atoms with Crippen LogP contribution >= 0.6 is 11.3 Å². The zero-order chi connectivity index (χ0) is 19.7. The predicted molar refractivity (Wildman–Crippen MR) is 107 cm³/mol. The summed E-state index contributed by atoms with van der Waals surface area (Å²) in [6.45, 7) is 4.45. The molecule has 2 N–H and O–H groups in total. The first-order chi connectivity index (χ1) is 12.8. The molecule has 27 heavy (non-hydrogen) atoms. The number of aromatic nitrogens is 2. The van der Waals surface area contributed by atoms with Gasteiger partial charge in [-0.05, 0) is 48.6 Å². The van der Waals surface area contributed by atoms with Gasteiger partial charge >= 0.3 is 0 Å². The maximum Gasteiger partial charge on any atom is 0.258 e. The summed E-state index contributed by atoms with van der Waals surface area (Å²) < 4.78 is 1.83. The van der Waals surface area contributed by atoms with Gasteiger partial charge in [-0.15, -0.1) is 11.3 Å². The Morgan fingerprint density at radius 2 is 1.96 bits per heavy atom. The molecule has 0 atom stereocenters. The molecule has 0 aliphatic rings. The number of benzene rings is 1. The normalized spacial score (nSPS) is 10.8. The number of thiophene rings is 1. The van der Waals surface area contributed by atoms with Crippen LogP contribution in [0.2, 0.25) is 0 Å². The van der Waals surface area contributed by atoms with Gasteiger partial charge in [-0.25, -0.2) is 0 Å². The van der Waals surface area contributed by atoms with Crippen LogP contribution in [0.1, 0.15) is 37.0 Å². The average molecular weight is 382 g/mol. The number of primary amides is 1. The van der Waals surface area contributed by atoms with Crippen LogP contribution in [-0.2, 0) is 13.6 Å². The maximum absolute atomic E-state index is 12.9. The smallest absolute Gasteiger partial charge is 0.258 e. The Balaban J connectivity index is 1.83. The molecular formula is C20H22N4O2S. The molecule has 1 aromatic carbocycles. The number of hydrogen-bond acceptors (Lipinski definition) is 4. The molecule has 6 nitrogen and oxygen atoms in total. The largest absolute Gasteiger partial charge is 0.365 e. The van der Waals surface area contributed by atoms with Crippen LogP contribution in [0.5, 0.6) is 0 Å². The van der Waals surface area contributed by atoms with Crippen LogP contribution in [0.15, 0.2) is 35.7 Å². The first kappa shape index (κ1) is 18.8. The molecule has 0 bridgehead atoms. The summed E-state index contributed by atoms with van der Waals surface area (Å²) in [7, 11) is 3.69. The van der Waals surface area contributed by atoms with Gasteiger partial charge in [0.1, 0.15) is 0 Å². The lowest BCUT2D eigenvalue weighted by atomic mass is 10.0. The Labute approximate surface area is 162 Å². The van der Waals surface area contributed by atoms with Crippen molar-refractivity contribution in [1.82, 2.24) is 14.7 Å². The second-order valence-electron chi connectivity index (χ2n) is 6.58. The SMILES string of the molecule is Cc1nn(C)c(C)c1CN(C)C(=O)c1cccc(-c2csc(C(N)=O)c2)c1. The Morgan fingerprint density at radius 3 is 2.56 bits per heavy atom. The zero-order valence-corrected chi connectivity index (χ0v) is 16.6. The molecule has 0 saturated heterocycles. The van der Waals surface area contributed by atoms with Crippen LogP contribution in [0.4, 0.5) is 0 Å². The lowest BCUT2D eigenvalue weighted by molar-refractivity contribution is 0.0784. The number of hydrogen-bond donors (Lipinski definition) is 1. The fraction of sp³-hybridized carbons (Fsp3) is 0.250. The highest BCUT2D eigenvalue weighted by Gasteiger charge is 2.17. The summed E-state index contributed by atoms with van der Waals surface area (Å²) in [5.74, 6) is -0.509. The topological polar surface area (TPSA) is 81.2 Å². The molecule has 140 valence electrons. The molecule has 0 spiro atoms. The van der Waals surface area contributed by atoms with E-state index < -0.39 is 5.91 Å². The van der Waals surface area contributed by atoms with E-state index in [1.54, 1.807) is 24.1 Å². The lowest BCUT2D eigenvalue weighted by Gasteiger charge is -2.18. The Kier molecular flexibility index (Phi) is 5.14. The van der Waals surface area contributed by atoms with E-state index in [0.29, 0.717) is 17.0 Å². The van der Waals surface area contributed by atoms with Crippen molar-refractivity contribution in [2.75, 3.05) is 7.05 Å². The first-order valence-electron chi connectivity index (χ1n) is 8.51. The van der Waals surface area contributed by atoms with Crippen molar-refractivity contribution in [2.24, 2.45) is 12.8 Å². The summed E-state index contributed by atoms with van der Waals surface area (Å²) in [5, 5.41) is 6.28. The number of rotatable bonds is 5. The minimum absolute atomic E-state index is 0.0649. The number of nitrogens with two attached hydrogens (primary N) is 1. The molecular weight excluding hydrogens is 360 g/mol. The first-order valence-corrected chi connectivity index (χ1v) is 9.39. The zero-order valence-electron chi connectivity index (χ0n) is 15.8. The van der Waals surface area contributed by atoms with Gasteiger partial charge in [0, 0.05) is 37.5 Å². The lowest BCUT2D eigenvalue weighted by Crippen LogP contribution is -2.26.